The molecule has 0 aliphatic heterocycles. The first-order chi connectivity index (χ1) is 7.83. The fourth-order valence-electron chi connectivity index (χ4n) is 2.32. The van der Waals surface area contributed by atoms with Crippen LogP contribution in [-0.4, -0.2) is 12.1 Å². The minimum Gasteiger partial charge on any atom is -0.335 e. The number of carbonyl (C=O) groups excluding carboxylic acids is 1. The molecule has 2 N–H and O–H groups in total. The van der Waals surface area contributed by atoms with Gasteiger partial charge in [-0.2, -0.15) is 0 Å². The Balaban J connectivity index is 1.65. The molecule has 84 valence electrons. The summed E-state index contributed by atoms with van der Waals surface area (Å²) in [6.45, 7) is 0. The highest BCUT2D eigenvalue weighted by Crippen LogP contribution is 2.30. The van der Waals surface area contributed by atoms with E-state index in [-0.39, 0.29) is 12.1 Å². The maximum absolute atomic E-state index is 11.6. The molecule has 0 radical (unpaired) electrons. The van der Waals surface area contributed by atoms with E-state index in [0.29, 0.717) is 6.04 Å². The Hall–Kier alpha value is -1.51. The van der Waals surface area contributed by atoms with Crippen molar-refractivity contribution in [3.63, 3.8) is 0 Å². The predicted molar refractivity (Wildman–Crippen MR) is 62.2 cm³/mol. The summed E-state index contributed by atoms with van der Waals surface area (Å²) in [5.41, 5.74) is 2.66. The number of rotatable bonds is 2. The van der Waals surface area contributed by atoms with Crippen LogP contribution in [0.1, 0.15) is 36.4 Å². The van der Waals surface area contributed by atoms with Crippen molar-refractivity contribution >= 4 is 6.03 Å². The van der Waals surface area contributed by atoms with Gasteiger partial charge in [-0.05, 0) is 36.8 Å². The van der Waals surface area contributed by atoms with Gasteiger partial charge in [-0.3, -0.25) is 0 Å². The quantitative estimate of drug-likeness (QED) is 0.781. The van der Waals surface area contributed by atoms with Crippen LogP contribution in [0.3, 0.4) is 0 Å². The third-order valence-corrected chi connectivity index (χ3v) is 3.35. The minimum atomic E-state index is -0.01000. The Kier molecular flexibility index (Phi) is 2.31. The molecule has 3 nitrogen and oxygen atoms in total. The molecule has 16 heavy (non-hydrogen) atoms. The summed E-state index contributed by atoms with van der Waals surface area (Å²) >= 11 is 0. The number of fused-ring (bicyclic) bond motifs is 1. The van der Waals surface area contributed by atoms with Crippen LogP contribution in [0.25, 0.3) is 0 Å². The fraction of sp³-hybridized carbons (Fsp3) is 0.462. The van der Waals surface area contributed by atoms with Crippen molar-refractivity contribution < 1.29 is 4.79 Å². The summed E-state index contributed by atoms with van der Waals surface area (Å²) in [4.78, 5) is 11.6. The molecule has 0 heterocycles. The largest absolute Gasteiger partial charge is 0.335 e. The van der Waals surface area contributed by atoms with Crippen LogP contribution in [0.2, 0.25) is 0 Å². The van der Waals surface area contributed by atoms with Gasteiger partial charge in [-0.1, -0.05) is 24.3 Å². The lowest BCUT2D eigenvalue weighted by atomic mass is 10.1. The second-order valence-corrected chi connectivity index (χ2v) is 4.68. The van der Waals surface area contributed by atoms with E-state index in [1.54, 1.807) is 0 Å². The number of urea groups is 1. The summed E-state index contributed by atoms with van der Waals surface area (Å²) in [6, 6.07) is 8.99. The molecular weight excluding hydrogens is 200 g/mol. The third kappa shape index (κ3) is 1.90. The second kappa shape index (κ2) is 3.81. The van der Waals surface area contributed by atoms with E-state index >= 15 is 0 Å². The lowest BCUT2D eigenvalue weighted by molar-refractivity contribution is 0.236. The van der Waals surface area contributed by atoms with Crippen molar-refractivity contribution in [1.29, 1.82) is 0 Å². The molecule has 0 aromatic heterocycles. The Bertz CT molecular complexity index is 412. The van der Waals surface area contributed by atoms with Gasteiger partial charge in [0.25, 0.3) is 0 Å². The summed E-state index contributed by atoms with van der Waals surface area (Å²) in [6.07, 6.45) is 4.37. The second-order valence-electron chi connectivity index (χ2n) is 4.68. The van der Waals surface area contributed by atoms with E-state index in [4.69, 9.17) is 0 Å². The number of hydrogen-bond acceptors (Lipinski definition) is 1. The molecule has 0 saturated heterocycles. The molecule has 1 saturated carbocycles. The van der Waals surface area contributed by atoms with Gasteiger partial charge in [-0.15, -0.1) is 0 Å². The number of nitrogens with one attached hydrogen (secondary N) is 2. The van der Waals surface area contributed by atoms with Gasteiger partial charge >= 0.3 is 6.03 Å². The Labute approximate surface area is 95.2 Å². The molecule has 1 fully saturated rings. The van der Waals surface area contributed by atoms with Crippen LogP contribution in [0, 0.1) is 0 Å². The van der Waals surface area contributed by atoms with Crippen molar-refractivity contribution in [1.82, 2.24) is 10.6 Å². The first-order valence-corrected chi connectivity index (χ1v) is 5.98. The highest BCUT2D eigenvalue weighted by Gasteiger charge is 2.27. The van der Waals surface area contributed by atoms with Gasteiger partial charge in [0.1, 0.15) is 0 Å². The summed E-state index contributed by atoms with van der Waals surface area (Å²) in [5, 5.41) is 6.02. The molecular formula is C13H16N2O. The summed E-state index contributed by atoms with van der Waals surface area (Å²) < 4.78 is 0. The molecule has 1 atom stereocenters. The molecule has 2 amide bonds. The van der Waals surface area contributed by atoms with Crippen LogP contribution in [0.5, 0.6) is 0 Å². The Morgan fingerprint density at radius 2 is 1.94 bits per heavy atom. The Morgan fingerprint density at radius 3 is 2.75 bits per heavy atom. The molecule has 3 heteroatoms. The third-order valence-electron chi connectivity index (χ3n) is 3.35. The molecule has 0 spiro atoms. The maximum Gasteiger partial charge on any atom is 0.315 e. The number of hydrogen-bond donors (Lipinski definition) is 2. The SMILES string of the molecule is O=C(NC1CC1)NC1CCc2ccccc21. The van der Waals surface area contributed by atoms with Crippen molar-refractivity contribution in [2.45, 2.75) is 37.8 Å². The molecule has 1 unspecified atom stereocenters. The van der Waals surface area contributed by atoms with Gasteiger partial charge in [0.15, 0.2) is 0 Å². The highest BCUT2D eigenvalue weighted by atomic mass is 16.2. The average Bonchev–Trinajstić information content (AvgIpc) is 3.00. The predicted octanol–water partition coefficient (Wildman–Crippen LogP) is 2.14. The molecule has 3 rings (SSSR count). The van der Waals surface area contributed by atoms with Crippen LogP contribution in [0.15, 0.2) is 24.3 Å². The molecule has 2 aliphatic rings. The van der Waals surface area contributed by atoms with E-state index in [2.05, 4.69) is 28.8 Å². The first kappa shape index (κ1) is 9.70. The monoisotopic (exact) mass is 216 g/mol. The van der Waals surface area contributed by atoms with Crippen LogP contribution in [0.4, 0.5) is 4.79 Å². The van der Waals surface area contributed by atoms with Crippen molar-refractivity contribution in [2.24, 2.45) is 0 Å². The zero-order valence-corrected chi connectivity index (χ0v) is 9.20. The smallest absolute Gasteiger partial charge is 0.315 e. The van der Waals surface area contributed by atoms with Gasteiger partial charge in [0.2, 0.25) is 0 Å². The van der Waals surface area contributed by atoms with E-state index < -0.39 is 0 Å². The Morgan fingerprint density at radius 1 is 1.12 bits per heavy atom. The van der Waals surface area contributed by atoms with E-state index in [9.17, 15) is 4.79 Å². The zero-order valence-electron chi connectivity index (χ0n) is 9.20. The summed E-state index contributed by atoms with van der Waals surface area (Å²) in [7, 11) is 0. The number of amides is 2. The molecule has 0 bridgehead atoms. The lowest BCUT2D eigenvalue weighted by Crippen LogP contribution is -2.38. The van der Waals surface area contributed by atoms with Gasteiger partial charge in [0.05, 0.1) is 6.04 Å². The molecule has 1 aromatic rings. The first-order valence-electron chi connectivity index (χ1n) is 5.98. The normalized spacial score (nSPS) is 22.6. The van der Waals surface area contributed by atoms with E-state index in [0.717, 1.165) is 25.7 Å². The van der Waals surface area contributed by atoms with E-state index in [1.807, 2.05) is 6.07 Å². The van der Waals surface area contributed by atoms with Crippen LogP contribution >= 0.6 is 0 Å². The van der Waals surface area contributed by atoms with Crippen molar-refractivity contribution in [3.05, 3.63) is 35.4 Å². The minimum absolute atomic E-state index is 0.01000. The fourth-order valence-corrected chi connectivity index (χ4v) is 2.32. The van der Waals surface area contributed by atoms with Gasteiger partial charge in [0, 0.05) is 6.04 Å². The molecule has 1 aromatic carbocycles. The number of aryl methyl sites for hydroxylation is 1. The van der Waals surface area contributed by atoms with Gasteiger partial charge < -0.3 is 10.6 Å². The number of carbonyl (C=O) groups is 1. The van der Waals surface area contributed by atoms with Crippen molar-refractivity contribution in [3.8, 4) is 0 Å². The zero-order chi connectivity index (χ0) is 11.0. The average molecular weight is 216 g/mol. The lowest BCUT2D eigenvalue weighted by Gasteiger charge is -2.14. The van der Waals surface area contributed by atoms with Crippen LogP contribution in [-0.2, 0) is 6.42 Å². The summed E-state index contributed by atoms with van der Waals surface area (Å²) in [5.74, 6) is 0. The van der Waals surface area contributed by atoms with Crippen LogP contribution < -0.4 is 10.6 Å². The maximum atomic E-state index is 11.6. The topological polar surface area (TPSA) is 41.1 Å². The standard InChI is InChI=1S/C13H16N2O/c16-13(14-10-6-7-10)15-12-8-5-9-3-1-2-4-11(9)12/h1-4,10,12H,5-8H2,(H2,14,15,16). The highest BCUT2D eigenvalue weighted by molar-refractivity contribution is 5.75. The van der Waals surface area contributed by atoms with Gasteiger partial charge in [-0.25, -0.2) is 4.79 Å². The van der Waals surface area contributed by atoms with Crippen molar-refractivity contribution in [2.75, 3.05) is 0 Å². The molecule has 2 aliphatic carbocycles. The van der Waals surface area contributed by atoms with E-state index in [1.165, 1.54) is 11.1 Å². The number of benzene rings is 1.